The highest BCUT2D eigenvalue weighted by molar-refractivity contribution is 8.00. The van der Waals surface area contributed by atoms with Gasteiger partial charge in [0.15, 0.2) is 0 Å². The number of unbranched alkanes of at least 4 members (excludes halogenated alkanes) is 15. The van der Waals surface area contributed by atoms with E-state index in [0.29, 0.717) is 19.6 Å². The van der Waals surface area contributed by atoms with Crippen LogP contribution in [0.4, 0.5) is 0 Å². The molecule has 1 unspecified atom stereocenters. The van der Waals surface area contributed by atoms with Crippen LogP contribution in [0.25, 0.3) is 0 Å². The number of rotatable bonds is 32. The number of ether oxygens (including phenoxy) is 4. The molecule has 10 heteroatoms. The fraction of sp³-hybridized carbons (Fsp3) is 0.691. The number of nitrogens with zero attached hydrogens (tertiary/aromatic N) is 1. The van der Waals surface area contributed by atoms with Crippen LogP contribution < -0.4 is 9.47 Å². The van der Waals surface area contributed by atoms with Crippen molar-refractivity contribution in [1.29, 1.82) is 0 Å². The monoisotopic (exact) mass is 934 g/mol. The number of hydrogen-bond acceptors (Lipinski definition) is 10. The molecule has 2 fully saturated rings. The van der Waals surface area contributed by atoms with Crippen molar-refractivity contribution in [2.24, 2.45) is 22.9 Å². The Morgan fingerprint density at radius 1 is 0.815 bits per heavy atom. The topological polar surface area (TPSA) is 99.0 Å². The van der Waals surface area contributed by atoms with Crippen LogP contribution in [0.3, 0.4) is 0 Å². The minimum absolute atomic E-state index is 0.0180. The molecule has 0 radical (unpaired) electrons. The predicted molar refractivity (Wildman–Crippen MR) is 271 cm³/mol. The van der Waals surface area contributed by atoms with E-state index in [1.807, 2.05) is 36.0 Å². The average Bonchev–Trinajstić information content (AvgIpc) is 3.33. The molecule has 65 heavy (non-hydrogen) atoms. The van der Waals surface area contributed by atoms with Gasteiger partial charge in [-0.05, 0) is 117 Å². The Morgan fingerprint density at radius 2 is 1.49 bits per heavy atom. The molecule has 362 valence electrons. The van der Waals surface area contributed by atoms with Crippen LogP contribution in [0, 0.1) is 17.8 Å². The number of benzene rings is 2. The molecule has 6 rings (SSSR count). The van der Waals surface area contributed by atoms with Crippen molar-refractivity contribution in [3.05, 3.63) is 72.3 Å². The third-order valence-electron chi connectivity index (χ3n) is 14.2. The zero-order valence-electron chi connectivity index (χ0n) is 40.1. The maximum absolute atomic E-state index is 10.0. The average molecular weight is 934 g/mol. The molecule has 2 aliphatic carbocycles. The largest absolute Gasteiger partial charge is 0.460 e. The van der Waals surface area contributed by atoms with E-state index in [4.69, 9.17) is 28.9 Å². The van der Waals surface area contributed by atoms with Crippen LogP contribution in [-0.4, -0.2) is 71.7 Å². The molecule has 2 aromatic rings. The lowest BCUT2D eigenvalue weighted by Gasteiger charge is -2.58. The summed E-state index contributed by atoms with van der Waals surface area (Å²) in [6, 6.07) is 14.6. The smallest absolute Gasteiger partial charge is 0.230 e. The van der Waals surface area contributed by atoms with Gasteiger partial charge in [0, 0.05) is 42.4 Å². The van der Waals surface area contributed by atoms with Gasteiger partial charge < -0.3 is 34.0 Å². The summed E-state index contributed by atoms with van der Waals surface area (Å²) in [5, 5.41) is 24.9. The van der Waals surface area contributed by atoms with Gasteiger partial charge in [-0.3, -0.25) is 0 Å². The fourth-order valence-corrected chi connectivity index (χ4v) is 12.6. The van der Waals surface area contributed by atoms with Crippen molar-refractivity contribution in [3.63, 3.8) is 0 Å². The van der Waals surface area contributed by atoms with Gasteiger partial charge in [-0.2, -0.15) is 11.8 Å². The van der Waals surface area contributed by atoms with Crippen molar-refractivity contribution in [2.45, 2.75) is 189 Å². The van der Waals surface area contributed by atoms with E-state index >= 15 is 0 Å². The highest BCUT2D eigenvalue weighted by atomic mass is 32.2. The molecule has 2 N–H and O–H groups in total. The molecule has 2 aliphatic heterocycles. The van der Waals surface area contributed by atoms with Gasteiger partial charge in [0.1, 0.15) is 17.2 Å². The van der Waals surface area contributed by atoms with Crippen molar-refractivity contribution in [3.8, 4) is 17.2 Å². The second-order valence-corrected chi connectivity index (χ2v) is 21.1. The molecule has 1 saturated carbocycles. The van der Waals surface area contributed by atoms with Crippen LogP contribution in [0.2, 0.25) is 0 Å². The van der Waals surface area contributed by atoms with E-state index in [9.17, 15) is 10.2 Å². The molecule has 0 aromatic heterocycles. The van der Waals surface area contributed by atoms with E-state index < -0.39 is 5.79 Å². The summed E-state index contributed by atoms with van der Waals surface area (Å²) < 4.78 is 27.3. The van der Waals surface area contributed by atoms with Crippen LogP contribution in [0.15, 0.2) is 76.8 Å². The van der Waals surface area contributed by atoms with Crippen molar-refractivity contribution in [1.82, 2.24) is 0 Å². The first-order valence-electron chi connectivity index (χ1n) is 25.8. The van der Waals surface area contributed by atoms with E-state index in [1.54, 1.807) is 11.8 Å². The molecule has 8 nitrogen and oxygen atoms in total. The summed E-state index contributed by atoms with van der Waals surface area (Å²) in [5.74, 6) is 2.76. The number of allylic oxidation sites excluding steroid dienone is 1. The summed E-state index contributed by atoms with van der Waals surface area (Å²) in [6.45, 7) is 7.82. The minimum Gasteiger partial charge on any atom is -0.460 e. The van der Waals surface area contributed by atoms with Gasteiger partial charge in [0.05, 0.1) is 30.1 Å². The van der Waals surface area contributed by atoms with E-state index in [1.165, 1.54) is 88.4 Å². The van der Waals surface area contributed by atoms with E-state index in [0.717, 1.165) is 104 Å². The normalized spacial score (nSPS) is 25.4. The lowest BCUT2D eigenvalue weighted by molar-refractivity contribution is -0.223. The molecular weight excluding hydrogens is 851 g/mol. The maximum atomic E-state index is 10.0. The number of thioether (sulfide) groups is 2. The Labute approximate surface area is 401 Å². The summed E-state index contributed by atoms with van der Waals surface area (Å²) >= 11 is 3.69. The first-order valence-corrected chi connectivity index (χ1v) is 28.1. The van der Waals surface area contributed by atoms with Crippen LogP contribution in [0.1, 0.15) is 173 Å². The lowest BCUT2D eigenvalue weighted by Crippen LogP contribution is -2.64. The summed E-state index contributed by atoms with van der Waals surface area (Å²) in [6.07, 6.45) is 33.7. The predicted octanol–water partition coefficient (Wildman–Crippen LogP) is 14.6. The van der Waals surface area contributed by atoms with Crippen molar-refractivity contribution in [2.75, 3.05) is 38.4 Å². The Bertz CT molecular complexity index is 1730. The second-order valence-electron chi connectivity index (χ2n) is 18.9. The molecule has 1 saturated heterocycles. The van der Waals surface area contributed by atoms with Gasteiger partial charge >= 0.3 is 0 Å². The van der Waals surface area contributed by atoms with Crippen molar-refractivity contribution < 1.29 is 34.0 Å². The zero-order valence-corrected chi connectivity index (χ0v) is 41.7. The Hall–Kier alpha value is -2.47. The fourth-order valence-electron chi connectivity index (χ4n) is 10.8. The summed E-state index contributed by atoms with van der Waals surface area (Å²) in [4.78, 5) is 7.53. The lowest BCUT2D eigenvalue weighted by atomic mass is 9.56. The van der Waals surface area contributed by atoms with Crippen LogP contribution in [0.5, 0.6) is 17.2 Å². The Balaban J connectivity index is 1.28. The van der Waals surface area contributed by atoms with Gasteiger partial charge in [-0.15, -0.1) is 18.3 Å². The number of fused-ring (bicyclic) bond motifs is 2. The molecule has 2 heterocycles. The first-order chi connectivity index (χ1) is 32.0. The van der Waals surface area contributed by atoms with E-state index in [2.05, 4.69) is 50.1 Å². The number of hydrogen-bond donors (Lipinski definition) is 2. The molecule has 7 atom stereocenters. The van der Waals surface area contributed by atoms with Gasteiger partial charge in [0.25, 0.3) is 0 Å². The van der Waals surface area contributed by atoms with Crippen LogP contribution in [-0.2, 0) is 14.3 Å². The highest BCUT2D eigenvalue weighted by Gasteiger charge is 2.64. The van der Waals surface area contributed by atoms with Gasteiger partial charge in [-0.25, -0.2) is 0 Å². The first kappa shape index (κ1) is 51.9. The molecule has 2 aromatic carbocycles. The van der Waals surface area contributed by atoms with Gasteiger partial charge in [-0.1, -0.05) is 121 Å². The highest BCUT2D eigenvalue weighted by Crippen LogP contribution is 2.63. The minimum atomic E-state index is -0.972. The standard InChI is InChI=1S/C55H83NO7S2/c1-4-6-7-8-9-10-11-12-13-14-15-16-17-24-38-65-51-41-49(56-63-52-27-20-23-37-59-52)47-39-42(25-18-21-34-57)46(26-19-22-35-58)53-48-40-44(61-43-28-31-45(64-3)32-29-43)30-33-50(48)62-55(51,54(47)53)60-36-5-2/h5,28-33,39-40,42,46,51-54,57-58H,2,4,6-27,34-38,41H2,1,3H3/t42-,46+,51-,52?,53+,54+,55+/m0/s1. The maximum Gasteiger partial charge on any atom is 0.230 e. The summed E-state index contributed by atoms with van der Waals surface area (Å²) in [5.41, 5.74) is 3.26. The Morgan fingerprint density at radius 3 is 2.14 bits per heavy atom. The third-order valence-corrected chi connectivity index (χ3v) is 16.3. The molecule has 0 spiro atoms. The molecular formula is C55H83NO7S2. The molecule has 0 amide bonds. The van der Waals surface area contributed by atoms with Crippen molar-refractivity contribution >= 4 is 29.2 Å². The van der Waals surface area contributed by atoms with Crippen LogP contribution >= 0.6 is 23.5 Å². The number of aliphatic hydroxyl groups excluding tert-OH is 2. The zero-order chi connectivity index (χ0) is 45.5. The quantitative estimate of drug-likeness (QED) is 0.0322. The second kappa shape index (κ2) is 28.8. The molecule has 4 aliphatic rings. The SMILES string of the molecule is C=CCO[C@@]12Oc3ccc(Oc4ccc(SC)cc4)cc3[C@H]3[C@H](CCCCO)[C@@H](CCCCO)C=C(C(=NOC4CCCCO4)C[C@@H]1SCCCCCCCCCCCCCCCC)[C@H]32. The molecule has 0 bridgehead atoms. The van der Waals surface area contributed by atoms with E-state index in [-0.39, 0.29) is 48.4 Å². The number of oxime groups is 1. The van der Waals surface area contributed by atoms with Gasteiger partial charge in [0.2, 0.25) is 12.1 Å². The third kappa shape index (κ3) is 15.0. The Kier molecular flexibility index (Phi) is 23.0. The number of aliphatic hydroxyl groups is 2. The summed E-state index contributed by atoms with van der Waals surface area (Å²) in [7, 11) is 0.